The number of hydrogen-bond acceptors (Lipinski definition) is 3. The lowest BCUT2D eigenvalue weighted by atomic mass is 10.2. The van der Waals surface area contributed by atoms with Crippen molar-refractivity contribution in [2.75, 3.05) is 43.4 Å². The van der Waals surface area contributed by atoms with Crippen LogP contribution in [0.4, 0.5) is 11.4 Å². The molecule has 1 N–H and O–H groups in total. The summed E-state index contributed by atoms with van der Waals surface area (Å²) in [6, 6.07) is 12.3. The van der Waals surface area contributed by atoms with Gasteiger partial charge in [-0.2, -0.15) is 0 Å². The molecule has 1 saturated heterocycles. The molecule has 0 bridgehead atoms. The van der Waals surface area contributed by atoms with E-state index in [2.05, 4.69) is 51.3 Å². The van der Waals surface area contributed by atoms with Crippen LogP contribution in [0.2, 0.25) is 0 Å². The predicted molar refractivity (Wildman–Crippen MR) is 108 cm³/mol. The van der Waals surface area contributed by atoms with Gasteiger partial charge in [-0.05, 0) is 56.3 Å². The maximum absolute atomic E-state index is 12.1. The molecule has 0 aliphatic carbocycles. The van der Waals surface area contributed by atoms with Crippen LogP contribution < -0.4 is 10.2 Å². The topological polar surface area (TPSA) is 40.5 Å². The molecule has 0 atom stereocenters. The second-order valence-corrected chi connectivity index (χ2v) is 7.12. The van der Waals surface area contributed by atoms with Gasteiger partial charge in [-0.15, -0.1) is 0 Å². The molecule has 1 fully saturated rings. The predicted octanol–water partition coefficient (Wildman–Crippen LogP) is 3.44. The van der Waals surface area contributed by atoms with Gasteiger partial charge < -0.3 is 19.7 Å². The van der Waals surface area contributed by atoms with E-state index in [1.807, 2.05) is 24.3 Å². The number of likely N-dealkylation sites (N-methyl/N-ethyl adjacent to an activating group) is 1. The highest BCUT2D eigenvalue weighted by Crippen LogP contribution is 2.19. The first-order chi connectivity index (χ1) is 12.7. The van der Waals surface area contributed by atoms with Crippen LogP contribution in [0.1, 0.15) is 25.7 Å². The number of benzene rings is 1. The van der Waals surface area contributed by atoms with Crippen molar-refractivity contribution in [1.29, 1.82) is 0 Å². The molecule has 140 valence electrons. The molecule has 26 heavy (non-hydrogen) atoms. The Bertz CT molecular complexity index is 658. The van der Waals surface area contributed by atoms with Crippen LogP contribution in [-0.4, -0.2) is 48.6 Å². The number of piperazine rings is 1. The van der Waals surface area contributed by atoms with Gasteiger partial charge in [0.1, 0.15) is 0 Å². The van der Waals surface area contributed by atoms with Crippen LogP contribution in [0.15, 0.2) is 48.8 Å². The second kappa shape index (κ2) is 9.43. The number of hydrogen-bond donors (Lipinski definition) is 1. The maximum Gasteiger partial charge on any atom is 0.224 e. The third kappa shape index (κ3) is 5.63. The molecule has 3 rings (SSSR count). The van der Waals surface area contributed by atoms with Gasteiger partial charge in [0.05, 0.1) is 0 Å². The summed E-state index contributed by atoms with van der Waals surface area (Å²) in [6.07, 6.45) is 7.88. The Morgan fingerprint density at radius 1 is 0.962 bits per heavy atom. The summed E-state index contributed by atoms with van der Waals surface area (Å²) in [7, 11) is 2.16. The SMILES string of the molecule is CN1CCN(c2ccc(NC(=O)CCCCCn3cccc3)cc2)CC1. The van der Waals surface area contributed by atoms with Crippen molar-refractivity contribution in [3.8, 4) is 0 Å². The van der Waals surface area contributed by atoms with E-state index in [1.165, 1.54) is 5.69 Å². The van der Waals surface area contributed by atoms with Crippen molar-refractivity contribution in [3.63, 3.8) is 0 Å². The zero-order valence-corrected chi connectivity index (χ0v) is 15.7. The lowest BCUT2D eigenvalue weighted by Crippen LogP contribution is -2.44. The van der Waals surface area contributed by atoms with E-state index in [9.17, 15) is 4.79 Å². The summed E-state index contributed by atoms with van der Waals surface area (Å²) in [5.74, 6) is 0.110. The minimum Gasteiger partial charge on any atom is -0.369 e. The largest absolute Gasteiger partial charge is 0.369 e. The van der Waals surface area contributed by atoms with Gasteiger partial charge in [0.25, 0.3) is 0 Å². The Kier molecular flexibility index (Phi) is 6.72. The van der Waals surface area contributed by atoms with E-state index < -0.39 is 0 Å². The van der Waals surface area contributed by atoms with Crippen molar-refractivity contribution in [2.45, 2.75) is 32.2 Å². The Hall–Kier alpha value is -2.27. The molecule has 1 aromatic carbocycles. The van der Waals surface area contributed by atoms with Crippen LogP contribution >= 0.6 is 0 Å². The molecule has 0 spiro atoms. The van der Waals surface area contributed by atoms with E-state index in [4.69, 9.17) is 0 Å². The number of unbranched alkanes of at least 4 members (excludes halogenated alkanes) is 2. The standard InChI is InChI=1S/C21H30N4O/c1-23-15-17-25(18-16-23)20-10-8-19(9-11-20)22-21(26)7-3-2-4-12-24-13-5-6-14-24/h5-6,8-11,13-14H,2-4,7,12,15-18H2,1H3,(H,22,26). The molecule has 0 unspecified atom stereocenters. The molecule has 5 nitrogen and oxygen atoms in total. The molecule has 5 heteroatoms. The fourth-order valence-corrected chi connectivity index (χ4v) is 3.32. The van der Waals surface area contributed by atoms with Gasteiger partial charge in [0, 0.05) is 62.9 Å². The number of amides is 1. The van der Waals surface area contributed by atoms with E-state index >= 15 is 0 Å². The van der Waals surface area contributed by atoms with Crippen LogP contribution in [0.3, 0.4) is 0 Å². The minimum absolute atomic E-state index is 0.110. The first-order valence-corrected chi connectivity index (χ1v) is 9.65. The summed E-state index contributed by atoms with van der Waals surface area (Å²) >= 11 is 0. The number of anilines is 2. The highest BCUT2D eigenvalue weighted by atomic mass is 16.1. The van der Waals surface area contributed by atoms with Gasteiger partial charge in [-0.25, -0.2) is 0 Å². The van der Waals surface area contributed by atoms with E-state index in [1.54, 1.807) is 0 Å². The number of aromatic nitrogens is 1. The van der Waals surface area contributed by atoms with E-state index in [0.717, 1.165) is 57.7 Å². The maximum atomic E-state index is 12.1. The van der Waals surface area contributed by atoms with E-state index in [-0.39, 0.29) is 5.91 Å². The fourth-order valence-electron chi connectivity index (χ4n) is 3.32. The number of nitrogens with one attached hydrogen (secondary N) is 1. The van der Waals surface area contributed by atoms with Crippen molar-refractivity contribution in [2.24, 2.45) is 0 Å². The molecule has 0 radical (unpaired) electrons. The van der Waals surface area contributed by atoms with Crippen LogP contribution in [0.25, 0.3) is 0 Å². The summed E-state index contributed by atoms with van der Waals surface area (Å²) in [6.45, 7) is 5.35. The lowest BCUT2D eigenvalue weighted by Gasteiger charge is -2.34. The van der Waals surface area contributed by atoms with Gasteiger partial charge in [0.15, 0.2) is 0 Å². The van der Waals surface area contributed by atoms with Gasteiger partial charge >= 0.3 is 0 Å². The van der Waals surface area contributed by atoms with Gasteiger partial charge in [-0.3, -0.25) is 4.79 Å². The average molecular weight is 354 g/mol. The monoisotopic (exact) mass is 354 g/mol. The first-order valence-electron chi connectivity index (χ1n) is 9.65. The van der Waals surface area contributed by atoms with Gasteiger partial charge in [-0.1, -0.05) is 6.42 Å². The lowest BCUT2D eigenvalue weighted by molar-refractivity contribution is -0.116. The van der Waals surface area contributed by atoms with Crippen LogP contribution in [0, 0.1) is 0 Å². The summed E-state index contributed by atoms with van der Waals surface area (Å²) in [4.78, 5) is 16.8. The summed E-state index contributed by atoms with van der Waals surface area (Å²) < 4.78 is 2.18. The molecular weight excluding hydrogens is 324 g/mol. The number of carbonyl (C=O) groups excluding carboxylic acids is 1. The number of carbonyl (C=O) groups is 1. The van der Waals surface area contributed by atoms with E-state index in [0.29, 0.717) is 6.42 Å². The molecular formula is C21H30N4O. The van der Waals surface area contributed by atoms with Gasteiger partial charge in [0.2, 0.25) is 5.91 Å². The number of rotatable bonds is 8. The molecule has 1 aliphatic rings. The molecule has 1 aromatic heterocycles. The van der Waals surface area contributed by atoms with Crippen LogP contribution in [0.5, 0.6) is 0 Å². The molecule has 2 heterocycles. The number of aryl methyl sites for hydroxylation is 1. The van der Waals surface area contributed by atoms with Crippen molar-refractivity contribution in [3.05, 3.63) is 48.8 Å². The second-order valence-electron chi connectivity index (χ2n) is 7.12. The first kappa shape index (κ1) is 18.5. The normalized spacial score (nSPS) is 15.2. The third-order valence-electron chi connectivity index (χ3n) is 5.01. The Labute approximate surface area is 156 Å². The Morgan fingerprint density at radius 3 is 2.35 bits per heavy atom. The molecule has 1 aliphatic heterocycles. The number of nitrogens with zero attached hydrogens (tertiary/aromatic N) is 3. The fraction of sp³-hybridized carbons (Fsp3) is 0.476. The molecule has 2 aromatic rings. The third-order valence-corrected chi connectivity index (χ3v) is 5.01. The molecule has 1 amide bonds. The zero-order chi connectivity index (χ0) is 18.2. The quantitative estimate of drug-likeness (QED) is 0.738. The summed E-state index contributed by atoms with van der Waals surface area (Å²) in [5.41, 5.74) is 2.13. The minimum atomic E-state index is 0.110. The molecule has 0 saturated carbocycles. The average Bonchev–Trinajstić information content (AvgIpc) is 3.16. The Morgan fingerprint density at radius 2 is 1.65 bits per heavy atom. The van der Waals surface area contributed by atoms with Crippen molar-refractivity contribution >= 4 is 17.3 Å². The van der Waals surface area contributed by atoms with Crippen LogP contribution in [-0.2, 0) is 11.3 Å². The smallest absolute Gasteiger partial charge is 0.224 e. The highest BCUT2D eigenvalue weighted by molar-refractivity contribution is 5.90. The zero-order valence-electron chi connectivity index (χ0n) is 15.7. The van der Waals surface area contributed by atoms with Crippen molar-refractivity contribution in [1.82, 2.24) is 9.47 Å². The summed E-state index contributed by atoms with van der Waals surface area (Å²) in [5, 5.41) is 3.01. The highest BCUT2D eigenvalue weighted by Gasteiger charge is 2.14. The Balaban J connectivity index is 1.34. The van der Waals surface area contributed by atoms with Crippen molar-refractivity contribution < 1.29 is 4.79 Å².